The van der Waals surface area contributed by atoms with Gasteiger partial charge in [0.1, 0.15) is 0 Å². The van der Waals surface area contributed by atoms with E-state index < -0.39 is 24.5 Å². The monoisotopic (exact) mass is 260 g/mol. The van der Waals surface area contributed by atoms with Crippen molar-refractivity contribution in [1.82, 2.24) is 0 Å². The molecule has 5 heteroatoms. The third-order valence-electron chi connectivity index (χ3n) is 2.85. The van der Waals surface area contributed by atoms with Crippen LogP contribution in [0, 0.1) is 12.8 Å². The molecule has 0 saturated heterocycles. The summed E-state index contributed by atoms with van der Waals surface area (Å²) >= 11 is 0. The minimum Gasteiger partial charge on any atom is -0.481 e. The van der Waals surface area contributed by atoms with Gasteiger partial charge >= 0.3 is 12.1 Å². The van der Waals surface area contributed by atoms with Crippen LogP contribution in [0.3, 0.4) is 0 Å². The first-order chi connectivity index (χ1) is 8.29. The van der Waals surface area contributed by atoms with Crippen LogP contribution in [-0.4, -0.2) is 17.3 Å². The molecule has 0 aliphatic rings. The normalized spacial score (nSPS) is 13.3. The van der Waals surface area contributed by atoms with Crippen molar-refractivity contribution in [2.75, 3.05) is 0 Å². The second kappa shape index (κ2) is 5.89. The number of hydrogen-bond donors (Lipinski definition) is 1. The molecular formula is C13H15F3O2. The van der Waals surface area contributed by atoms with E-state index in [1.54, 1.807) is 12.1 Å². The molecule has 1 atom stereocenters. The molecule has 2 nitrogen and oxygen atoms in total. The van der Waals surface area contributed by atoms with Gasteiger partial charge in [0, 0.05) is 6.42 Å². The Bertz CT molecular complexity index is 413. The molecule has 0 aliphatic carbocycles. The number of aliphatic carboxylic acids is 1. The number of carboxylic acid groups (broad SMARTS) is 1. The molecule has 1 N–H and O–H groups in total. The van der Waals surface area contributed by atoms with Gasteiger partial charge in [0.05, 0.1) is 5.92 Å². The Kier molecular flexibility index (Phi) is 4.76. The third kappa shape index (κ3) is 4.77. The maximum Gasteiger partial charge on any atom is 0.389 e. The molecule has 1 unspecified atom stereocenters. The molecule has 1 rings (SSSR count). The van der Waals surface area contributed by atoms with Crippen molar-refractivity contribution >= 4 is 5.97 Å². The molecule has 0 spiro atoms. The summed E-state index contributed by atoms with van der Waals surface area (Å²) in [5, 5.41) is 8.95. The maximum atomic E-state index is 12.1. The number of carbonyl (C=O) groups is 1. The van der Waals surface area contributed by atoms with E-state index in [9.17, 15) is 18.0 Å². The van der Waals surface area contributed by atoms with E-state index >= 15 is 0 Å². The fraction of sp³-hybridized carbons (Fsp3) is 0.462. The number of aryl methyl sites for hydroxylation is 1. The highest BCUT2D eigenvalue weighted by Gasteiger charge is 2.30. The average molecular weight is 260 g/mol. The summed E-state index contributed by atoms with van der Waals surface area (Å²) in [6, 6.07) is 7.13. The Hall–Kier alpha value is -1.52. The van der Waals surface area contributed by atoms with Crippen molar-refractivity contribution in [3.8, 4) is 0 Å². The lowest BCUT2D eigenvalue weighted by Gasteiger charge is -2.15. The Morgan fingerprint density at radius 2 is 1.94 bits per heavy atom. The van der Waals surface area contributed by atoms with Gasteiger partial charge in [0.2, 0.25) is 0 Å². The van der Waals surface area contributed by atoms with Gasteiger partial charge < -0.3 is 5.11 Å². The molecule has 0 bridgehead atoms. The molecule has 0 radical (unpaired) electrons. The largest absolute Gasteiger partial charge is 0.481 e. The van der Waals surface area contributed by atoms with Crippen LogP contribution in [0.15, 0.2) is 24.3 Å². The van der Waals surface area contributed by atoms with Gasteiger partial charge in [-0.15, -0.1) is 0 Å². The summed E-state index contributed by atoms with van der Waals surface area (Å²) < 4.78 is 36.3. The molecule has 100 valence electrons. The minimum absolute atomic E-state index is 0.137. The van der Waals surface area contributed by atoms with Crippen molar-refractivity contribution in [1.29, 1.82) is 0 Å². The van der Waals surface area contributed by atoms with Crippen molar-refractivity contribution < 1.29 is 23.1 Å². The van der Waals surface area contributed by atoms with E-state index in [1.165, 1.54) is 0 Å². The van der Waals surface area contributed by atoms with Crippen LogP contribution >= 0.6 is 0 Å². The van der Waals surface area contributed by atoms with Gasteiger partial charge in [-0.2, -0.15) is 13.2 Å². The zero-order valence-electron chi connectivity index (χ0n) is 10.00. The van der Waals surface area contributed by atoms with Crippen molar-refractivity contribution in [3.05, 3.63) is 35.4 Å². The van der Waals surface area contributed by atoms with Crippen molar-refractivity contribution in [3.63, 3.8) is 0 Å². The summed E-state index contributed by atoms with van der Waals surface area (Å²) in [5.74, 6) is -2.17. The molecule has 0 fully saturated rings. The highest BCUT2D eigenvalue weighted by Crippen LogP contribution is 2.26. The molecule has 0 amide bonds. The molecular weight excluding hydrogens is 245 g/mol. The smallest absolute Gasteiger partial charge is 0.389 e. The zero-order valence-corrected chi connectivity index (χ0v) is 10.00. The van der Waals surface area contributed by atoms with Gasteiger partial charge in [-0.05, 0) is 30.9 Å². The van der Waals surface area contributed by atoms with Gasteiger partial charge in [0.25, 0.3) is 0 Å². The van der Waals surface area contributed by atoms with E-state index in [1.807, 2.05) is 19.1 Å². The summed E-state index contributed by atoms with van der Waals surface area (Å²) in [4.78, 5) is 11.0. The fourth-order valence-corrected chi connectivity index (χ4v) is 1.76. The number of rotatable bonds is 5. The summed E-state index contributed by atoms with van der Waals surface area (Å²) in [5.41, 5.74) is 1.68. The predicted octanol–water partition coefficient (Wildman–Crippen LogP) is 3.58. The Labute approximate surface area is 103 Å². The standard InChI is InChI=1S/C13H15F3O2/c1-9-4-2-3-5-10(9)8-11(12(17)18)6-7-13(14,15)16/h2-5,11H,6-8H2,1H3,(H,17,18). The molecule has 0 heterocycles. The van der Waals surface area contributed by atoms with Gasteiger partial charge in [-0.1, -0.05) is 24.3 Å². The highest BCUT2D eigenvalue weighted by molar-refractivity contribution is 5.70. The van der Waals surface area contributed by atoms with Crippen LogP contribution in [0.4, 0.5) is 13.2 Å². The number of halogens is 3. The second-order valence-electron chi connectivity index (χ2n) is 4.32. The van der Waals surface area contributed by atoms with Gasteiger partial charge in [-0.3, -0.25) is 4.79 Å². The van der Waals surface area contributed by atoms with E-state index in [4.69, 9.17) is 5.11 Å². The molecule has 0 aliphatic heterocycles. The SMILES string of the molecule is Cc1ccccc1CC(CCC(F)(F)F)C(=O)O. The van der Waals surface area contributed by atoms with E-state index in [2.05, 4.69) is 0 Å². The third-order valence-corrected chi connectivity index (χ3v) is 2.85. The molecule has 1 aromatic rings. The van der Waals surface area contributed by atoms with Crippen LogP contribution in [0.25, 0.3) is 0 Å². The van der Waals surface area contributed by atoms with Crippen LogP contribution in [0.5, 0.6) is 0 Å². The van der Waals surface area contributed by atoms with Crippen LogP contribution in [-0.2, 0) is 11.2 Å². The van der Waals surface area contributed by atoms with Crippen molar-refractivity contribution in [2.24, 2.45) is 5.92 Å². The topological polar surface area (TPSA) is 37.3 Å². The Balaban J connectivity index is 2.70. The molecule has 18 heavy (non-hydrogen) atoms. The minimum atomic E-state index is -4.31. The van der Waals surface area contributed by atoms with E-state index in [-0.39, 0.29) is 12.8 Å². The molecule has 1 aromatic carbocycles. The summed E-state index contributed by atoms with van der Waals surface area (Å²) in [6.45, 7) is 1.82. The lowest BCUT2D eigenvalue weighted by atomic mass is 9.92. The summed E-state index contributed by atoms with van der Waals surface area (Å²) in [6.07, 6.45) is -5.61. The second-order valence-corrected chi connectivity index (χ2v) is 4.32. The zero-order chi connectivity index (χ0) is 13.8. The lowest BCUT2D eigenvalue weighted by Crippen LogP contribution is -2.20. The number of carboxylic acids is 1. The quantitative estimate of drug-likeness (QED) is 0.878. The molecule has 0 aromatic heterocycles. The van der Waals surface area contributed by atoms with E-state index in [0.717, 1.165) is 11.1 Å². The number of alkyl halides is 3. The maximum absolute atomic E-state index is 12.1. The number of benzene rings is 1. The van der Waals surface area contributed by atoms with Crippen molar-refractivity contribution in [2.45, 2.75) is 32.4 Å². The highest BCUT2D eigenvalue weighted by atomic mass is 19.4. The number of hydrogen-bond acceptors (Lipinski definition) is 1. The Morgan fingerprint density at radius 1 is 1.33 bits per heavy atom. The summed E-state index contributed by atoms with van der Waals surface area (Å²) in [7, 11) is 0. The van der Waals surface area contributed by atoms with Gasteiger partial charge in [0.15, 0.2) is 0 Å². The first-order valence-electron chi connectivity index (χ1n) is 5.63. The van der Waals surface area contributed by atoms with Crippen LogP contribution in [0.1, 0.15) is 24.0 Å². The van der Waals surface area contributed by atoms with Crippen LogP contribution in [0.2, 0.25) is 0 Å². The average Bonchev–Trinajstić information content (AvgIpc) is 2.24. The Morgan fingerprint density at radius 3 is 2.44 bits per heavy atom. The predicted molar refractivity (Wildman–Crippen MR) is 61.3 cm³/mol. The first kappa shape index (κ1) is 14.5. The lowest BCUT2D eigenvalue weighted by molar-refractivity contribution is -0.148. The van der Waals surface area contributed by atoms with Gasteiger partial charge in [-0.25, -0.2) is 0 Å². The first-order valence-corrected chi connectivity index (χ1v) is 5.63. The van der Waals surface area contributed by atoms with E-state index in [0.29, 0.717) is 0 Å². The molecule has 0 saturated carbocycles. The van der Waals surface area contributed by atoms with Crippen LogP contribution < -0.4 is 0 Å². The fourth-order valence-electron chi connectivity index (χ4n) is 1.76.